The van der Waals surface area contributed by atoms with Crippen molar-refractivity contribution in [1.29, 1.82) is 0 Å². The number of ether oxygens (including phenoxy) is 1. The van der Waals surface area contributed by atoms with Gasteiger partial charge in [0.2, 0.25) is 0 Å². The van der Waals surface area contributed by atoms with Crippen LogP contribution in [0.15, 0.2) is 30.3 Å². The van der Waals surface area contributed by atoms with Gasteiger partial charge in [0, 0.05) is 6.54 Å². The molecule has 2 rings (SSSR count). The van der Waals surface area contributed by atoms with Gasteiger partial charge in [0.1, 0.15) is 0 Å². The molecule has 0 heterocycles. The second-order valence-electron chi connectivity index (χ2n) is 6.57. The number of likely N-dealkylation sites (N-methyl/N-ethyl adjacent to an activating group) is 1. The molecule has 0 amide bonds. The van der Waals surface area contributed by atoms with E-state index >= 15 is 0 Å². The molecule has 0 radical (unpaired) electrons. The molecule has 0 aliphatic heterocycles. The Hall–Kier alpha value is -0.860. The number of hydrogen-bond donors (Lipinski definition) is 1. The Balaban J connectivity index is 1.93. The largest absolute Gasteiger partial charge is 0.369 e. The van der Waals surface area contributed by atoms with Crippen molar-refractivity contribution in [1.82, 2.24) is 5.32 Å². The summed E-state index contributed by atoms with van der Waals surface area (Å²) in [5.74, 6) is 1.68. The maximum absolute atomic E-state index is 6.36. The van der Waals surface area contributed by atoms with Crippen LogP contribution in [0, 0.1) is 11.8 Å². The van der Waals surface area contributed by atoms with Gasteiger partial charge in [-0.2, -0.15) is 0 Å². The zero-order valence-electron chi connectivity index (χ0n) is 13.2. The Labute approximate surface area is 123 Å². The second kappa shape index (κ2) is 7.24. The van der Waals surface area contributed by atoms with Crippen LogP contribution < -0.4 is 5.32 Å². The Morgan fingerprint density at radius 3 is 2.40 bits per heavy atom. The van der Waals surface area contributed by atoms with Crippen molar-refractivity contribution in [3.05, 3.63) is 35.9 Å². The average Bonchev–Trinajstić information content (AvgIpc) is 2.47. The molecule has 1 fully saturated rings. The highest BCUT2D eigenvalue weighted by molar-refractivity contribution is 5.13. The molecule has 1 aromatic rings. The van der Waals surface area contributed by atoms with Gasteiger partial charge in [-0.1, -0.05) is 44.2 Å². The number of rotatable bonds is 6. The van der Waals surface area contributed by atoms with E-state index in [2.05, 4.69) is 49.5 Å². The molecular weight excluding hydrogens is 246 g/mol. The molecule has 1 saturated carbocycles. The minimum Gasteiger partial charge on any atom is -0.369 e. The molecule has 20 heavy (non-hydrogen) atoms. The lowest BCUT2D eigenvalue weighted by atomic mass is 9.74. The highest BCUT2D eigenvalue weighted by Crippen LogP contribution is 2.38. The van der Waals surface area contributed by atoms with Crippen LogP contribution in [0.25, 0.3) is 0 Å². The molecule has 112 valence electrons. The molecule has 2 heteroatoms. The second-order valence-corrected chi connectivity index (χ2v) is 6.57. The molecule has 1 aromatic carbocycles. The van der Waals surface area contributed by atoms with Crippen molar-refractivity contribution in [3.63, 3.8) is 0 Å². The Kier molecular flexibility index (Phi) is 5.62. The zero-order valence-corrected chi connectivity index (χ0v) is 13.2. The van der Waals surface area contributed by atoms with Gasteiger partial charge in [-0.3, -0.25) is 0 Å². The van der Waals surface area contributed by atoms with E-state index in [1.54, 1.807) is 0 Å². The van der Waals surface area contributed by atoms with Gasteiger partial charge in [-0.15, -0.1) is 0 Å². The summed E-state index contributed by atoms with van der Waals surface area (Å²) in [6, 6.07) is 10.5. The summed E-state index contributed by atoms with van der Waals surface area (Å²) >= 11 is 0. The molecule has 0 aromatic heterocycles. The molecule has 0 saturated heterocycles. The van der Waals surface area contributed by atoms with Gasteiger partial charge in [-0.05, 0) is 50.1 Å². The third-order valence-electron chi connectivity index (χ3n) is 4.77. The van der Waals surface area contributed by atoms with Crippen LogP contribution in [-0.4, -0.2) is 19.2 Å². The minimum atomic E-state index is 0.0377. The summed E-state index contributed by atoms with van der Waals surface area (Å²) in [7, 11) is 2.03. The van der Waals surface area contributed by atoms with Crippen LogP contribution in [0.1, 0.15) is 45.1 Å². The summed E-state index contributed by atoms with van der Waals surface area (Å²) in [5.41, 5.74) is 1.31. The molecule has 0 atom stereocenters. The lowest BCUT2D eigenvalue weighted by Crippen LogP contribution is -2.45. The fourth-order valence-corrected chi connectivity index (χ4v) is 3.34. The van der Waals surface area contributed by atoms with Gasteiger partial charge >= 0.3 is 0 Å². The number of hydrogen-bond acceptors (Lipinski definition) is 2. The van der Waals surface area contributed by atoms with Crippen LogP contribution in [0.3, 0.4) is 0 Å². The Bertz CT molecular complexity index is 380. The first-order valence-electron chi connectivity index (χ1n) is 7.98. The van der Waals surface area contributed by atoms with Crippen LogP contribution in [0.4, 0.5) is 0 Å². The third-order valence-corrected chi connectivity index (χ3v) is 4.77. The van der Waals surface area contributed by atoms with Crippen LogP contribution in [-0.2, 0) is 11.3 Å². The van der Waals surface area contributed by atoms with E-state index in [9.17, 15) is 0 Å². The standard InChI is InChI=1S/C18H29NO/c1-15(2)17-9-11-18(12-10-17,14-19-3)20-13-16-7-5-4-6-8-16/h4-8,15,17,19H,9-14H2,1-3H3. The molecule has 0 unspecified atom stereocenters. The molecule has 0 bridgehead atoms. The van der Waals surface area contributed by atoms with Gasteiger partial charge in [0.05, 0.1) is 12.2 Å². The van der Waals surface area contributed by atoms with E-state index < -0.39 is 0 Å². The average molecular weight is 275 g/mol. The first-order valence-corrected chi connectivity index (χ1v) is 7.98. The highest BCUT2D eigenvalue weighted by Gasteiger charge is 2.36. The highest BCUT2D eigenvalue weighted by atomic mass is 16.5. The number of nitrogens with one attached hydrogen (secondary N) is 1. The fraction of sp³-hybridized carbons (Fsp3) is 0.667. The predicted molar refractivity (Wildman–Crippen MR) is 84.7 cm³/mol. The van der Waals surface area contributed by atoms with E-state index in [-0.39, 0.29) is 5.60 Å². The fourth-order valence-electron chi connectivity index (χ4n) is 3.34. The van der Waals surface area contributed by atoms with Crippen molar-refractivity contribution in [2.75, 3.05) is 13.6 Å². The van der Waals surface area contributed by atoms with Crippen molar-refractivity contribution in [3.8, 4) is 0 Å². The maximum atomic E-state index is 6.36. The summed E-state index contributed by atoms with van der Waals surface area (Å²) in [6.07, 6.45) is 4.97. The van der Waals surface area contributed by atoms with Gasteiger partial charge in [0.25, 0.3) is 0 Å². The van der Waals surface area contributed by atoms with Crippen LogP contribution in [0.5, 0.6) is 0 Å². The third kappa shape index (κ3) is 4.07. The Morgan fingerprint density at radius 1 is 1.20 bits per heavy atom. The summed E-state index contributed by atoms with van der Waals surface area (Å²) in [5, 5.41) is 3.33. The van der Waals surface area contributed by atoms with Crippen molar-refractivity contribution in [2.24, 2.45) is 11.8 Å². The lowest BCUT2D eigenvalue weighted by molar-refractivity contribution is -0.0880. The maximum Gasteiger partial charge on any atom is 0.0810 e. The summed E-state index contributed by atoms with van der Waals surface area (Å²) in [6.45, 7) is 6.39. The first kappa shape index (κ1) is 15.5. The van der Waals surface area contributed by atoms with E-state index in [1.807, 2.05) is 7.05 Å². The Morgan fingerprint density at radius 2 is 1.85 bits per heavy atom. The smallest absolute Gasteiger partial charge is 0.0810 e. The van der Waals surface area contributed by atoms with Crippen LogP contribution in [0.2, 0.25) is 0 Å². The van der Waals surface area contributed by atoms with Gasteiger partial charge in [-0.25, -0.2) is 0 Å². The van der Waals surface area contributed by atoms with Gasteiger partial charge in [0.15, 0.2) is 0 Å². The lowest BCUT2D eigenvalue weighted by Gasteiger charge is -2.41. The molecule has 1 aliphatic rings. The van der Waals surface area contributed by atoms with Crippen molar-refractivity contribution < 1.29 is 4.74 Å². The molecule has 1 aliphatic carbocycles. The minimum absolute atomic E-state index is 0.0377. The predicted octanol–water partition coefficient (Wildman–Crippen LogP) is 4.01. The topological polar surface area (TPSA) is 21.3 Å². The number of benzene rings is 1. The van der Waals surface area contributed by atoms with E-state index in [0.717, 1.165) is 25.0 Å². The van der Waals surface area contributed by atoms with E-state index in [1.165, 1.54) is 31.2 Å². The molecular formula is C18H29NO. The zero-order chi connectivity index (χ0) is 14.4. The van der Waals surface area contributed by atoms with Gasteiger partial charge < -0.3 is 10.1 Å². The van der Waals surface area contributed by atoms with Crippen molar-refractivity contribution >= 4 is 0 Å². The molecule has 2 nitrogen and oxygen atoms in total. The van der Waals surface area contributed by atoms with Crippen molar-refractivity contribution in [2.45, 2.75) is 51.7 Å². The SMILES string of the molecule is CNCC1(OCc2ccccc2)CCC(C(C)C)CC1. The first-order chi connectivity index (χ1) is 9.65. The summed E-state index contributed by atoms with van der Waals surface area (Å²) < 4.78 is 6.36. The quantitative estimate of drug-likeness (QED) is 0.847. The van der Waals surface area contributed by atoms with E-state index in [0.29, 0.717) is 0 Å². The molecule has 1 N–H and O–H groups in total. The normalized spacial score (nSPS) is 26.9. The molecule has 0 spiro atoms. The van der Waals surface area contributed by atoms with Crippen LogP contribution >= 0.6 is 0 Å². The van der Waals surface area contributed by atoms with E-state index in [4.69, 9.17) is 4.74 Å². The monoisotopic (exact) mass is 275 g/mol. The summed E-state index contributed by atoms with van der Waals surface area (Å²) in [4.78, 5) is 0.